The molecule has 0 bridgehead atoms. The topological polar surface area (TPSA) is 91.2 Å². The van der Waals surface area contributed by atoms with Gasteiger partial charge < -0.3 is 15.5 Å². The Morgan fingerprint density at radius 3 is 2.67 bits per heavy atom. The van der Waals surface area contributed by atoms with Crippen LogP contribution in [0.4, 0.5) is 10.3 Å². The molecule has 6 nitrogen and oxygen atoms in total. The number of nitrogens with zero attached hydrogens (tertiary/aromatic N) is 3. The molecule has 1 aromatic rings. The zero-order valence-electron chi connectivity index (χ0n) is 6.19. The average Bonchev–Trinajstić information content (AvgIpc) is 1.82. The van der Waals surface area contributed by atoms with Crippen molar-refractivity contribution in [2.75, 3.05) is 5.32 Å². The van der Waals surface area contributed by atoms with E-state index in [2.05, 4.69) is 15.0 Å². The highest BCUT2D eigenvalue weighted by atomic mass is 19.1. The summed E-state index contributed by atoms with van der Waals surface area (Å²) in [7, 11) is 0. The predicted molar refractivity (Wildman–Crippen MR) is 36.3 cm³/mol. The molecule has 1 heterocycles. The lowest BCUT2D eigenvalue weighted by atomic mass is 10.6. The molecule has 0 aliphatic carbocycles. The van der Waals surface area contributed by atoms with E-state index in [-0.39, 0.29) is 5.95 Å². The van der Waals surface area contributed by atoms with Crippen molar-refractivity contribution in [3.63, 3.8) is 0 Å². The minimum Gasteiger partial charge on any atom is -0.349 e. The molecule has 0 aromatic carbocycles. The Labute approximate surface area is 67.1 Å². The van der Waals surface area contributed by atoms with Gasteiger partial charge in [-0.05, 0) is 0 Å². The normalized spacial score (nSPS) is 11.3. The summed E-state index contributed by atoms with van der Waals surface area (Å²) in [6, 6.07) is 0. The second kappa shape index (κ2) is 2.95. The van der Waals surface area contributed by atoms with Gasteiger partial charge in [-0.1, -0.05) is 0 Å². The minimum absolute atomic E-state index is 0.241. The molecule has 0 unspecified atom stereocenters. The first kappa shape index (κ1) is 8.75. The van der Waals surface area contributed by atoms with Crippen LogP contribution in [0.2, 0.25) is 0 Å². The Bertz CT molecular complexity index is 274. The molecule has 0 spiro atoms. The van der Waals surface area contributed by atoms with E-state index in [4.69, 9.17) is 10.2 Å². The zero-order chi connectivity index (χ0) is 9.19. The van der Waals surface area contributed by atoms with Crippen molar-refractivity contribution in [3.8, 4) is 0 Å². The molecule has 0 atom stereocenters. The van der Waals surface area contributed by atoms with Gasteiger partial charge in [0, 0.05) is 6.92 Å². The highest BCUT2D eigenvalue weighted by Crippen LogP contribution is 2.02. The smallest absolute Gasteiger partial charge is 0.313 e. The van der Waals surface area contributed by atoms with Crippen molar-refractivity contribution >= 4 is 5.95 Å². The molecular weight excluding hydrogens is 167 g/mol. The molecule has 12 heavy (non-hydrogen) atoms. The number of aliphatic hydroxyl groups is 2. The minimum atomic E-state index is -2.17. The number of hydrogen-bond acceptors (Lipinski definition) is 6. The third kappa shape index (κ3) is 2.72. The van der Waals surface area contributed by atoms with E-state index in [0.717, 1.165) is 13.3 Å². The van der Waals surface area contributed by atoms with E-state index >= 15 is 0 Å². The SMILES string of the molecule is CC(O)(O)Nc1ncnc(F)n1. The summed E-state index contributed by atoms with van der Waals surface area (Å²) < 4.78 is 12.3. The van der Waals surface area contributed by atoms with Gasteiger partial charge in [-0.15, -0.1) is 0 Å². The predicted octanol–water partition coefficient (Wildman–Crippen LogP) is -0.919. The number of anilines is 1. The Hall–Kier alpha value is -1.34. The Morgan fingerprint density at radius 2 is 2.17 bits per heavy atom. The van der Waals surface area contributed by atoms with E-state index in [1.165, 1.54) is 0 Å². The van der Waals surface area contributed by atoms with Crippen LogP contribution >= 0.6 is 0 Å². The zero-order valence-corrected chi connectivity index (χ0v) is 6.19. The molecule has 0 saturated carbocycles. The number of nitrogens with one attached hydrogen (secondary N) is 1. The summed E-state index contributed by atoms with van der Waals surface area (Å²) in [5.74, 6) is -2.41. The molecule has 0 amide bonds. The summed E-state index contributed by atoms with van der Waals surface area (Å²) in [6.07, 6.45) is -0.0760. The molecule has 1 aromatic heterocycles. The van der Waals surface area contributed by atoms with Gasteiger partial charge in [-0.25, -0.2) is 4.98 Å². The van der Waals surface area contributed by atoms with Crippen molar-refractivity contribution in [2.24, 2.45) is 0 Å². The number of aromatic nitrogens is 3. The Kier molecular flexibility index (Phi) is 2.15. The van der Waals surface area contributed by atoms with Crippen LogP contribution in [0.5, 0.6) is 0 Å². The molecular formula is C5H7FN4O2. The molecule has 0 fully saturated rings. The highest BCUT2D eigenvalue weighted by molar-refractivity contribution is 5.22. The maximum atomic E-state index is 12.3. The molecule has 0 saturated heterocycles. The highest BCUT2D eigenvalue weighted by Gasteiger charge is 2.15. The van der Waals surface area contributed by atoms with Crippen molar-refractivity contribution in [2.45, 2.75) is 12.8 Å². The van der Waals surface area contributed by atoms with Crippen molar-refractivity contribution in [3.05, 3.63) is 12.4 Å². The fourth-order valence-corrected chi connectivity index (χ4v) is 0.548. The second-order valence-electron chi connectivity index (χ2n) is 2.22. The summed E-state index contributed by atoms with van der Waals surface area (Å²) in [4.78, 5) is 9.65. The number of halogens is 1. The van der Waals surface area contributed by atoms with Crippen molar-refractivity contribution < 1.29 is 14.6 Å². The van der Waals surface area contributed by atoms with Crippen LogP contribution in [0.1, 0.15) is 6.92 Å². The van der Waals surface area contributed by atoms with Gasteiger partial charge in [0.15, 0.2) is 0 Å². The summed E-state index contributed by atoms with van der Waals surface area (Å²) in [5, 5.41) is 19.6. The van der Waals surface area contributed by atoms with Gasteiger partial charge in [0.2, 0.25) is 11.9 Å². The van der Waals surface area contributed by atoms with Crippen molar-refractivity contribution in [1.82, 2.24) is 15.0 Å². The third-order valence-electron chi connectivity index (χ3n) is 0.891. The lowest BCUT2D eigenvalue weighted by Gasteiger charge is -2.16. The lowest BCUT2D eigenvalue weighted by molar-refractivity contribution is -0.119. The first-order chi connectivity index (χ1) is 5.47. The van der Waals surface area contributed by atoms with Gasteiger partial charge >= 0.3 is 6.08 Å². The van der Waals surface area contributed by atoms with Crippen LogP contribution in [0.15, 0.2) is 6.33 Å². The molecule has 66 valence electrons. The lowest BCUT2D eigenvalue weighted by Crippen LogP contribution is -2.34. The van der Waals surface area contributed by atoms with E-state index in [1.807, 2.05) is 5.32 Å². The maximum Gasteiger partial charge on any atom is 0.313 e. The van der Waals surface area contributed by atoms with E-state index in [0.29, 0.717) is 0 Å². The quantitative estimate of drug-likeness (QED) is 0.502. The third-order valence-corrected chi connectivity index (χ3v) is 0.891. The molecule has 3 N–H and O–H groups in total. The van der Waals surface area contributed by atoms with E-state index < -0.39 is 12.0 Å². The van der Waals surface area contributed by atoms with E-state index in [9.17, 15) is 4.39 Å². The number of rotatable bonds is 2. The van der Waals surface area contributed by atoms with Crippen LogP contribution in [-0.2, 0) is 0 Å². The molecule has 7 heteroatoms. The van der Waals surface area contributed by atoms with Crippen LogP contribution in [0.3, 0.4) is 0 Å². The average molecular weight is 174 g/mol. The van der Waals surface area contributed by atoms with Crippen LogP contribution in [0.25, 0.3) is 0 Å². The van der Waals surface area contributed by atoms with Gasteiger partial charge in [0.05, 0.1) is 0 Å². The van der Waals surface area contributed by atoms with Gasteiger partial charge in [0.1, 0.15) is 6.33 Å². The van der Waals surface area contributed by atoms with Gasteiger partial charge in [0.25, 0.3) is 0 Å². The monoisotopic (exact) mass is 174 g/mol. The standard InChI is InChI=1S/C5H7FN4O2/c1-5(11,12)10-4-8-2-7-3(6)9-4/h2,11-12H,1H3,(H,7,8,9,10). The van der Waals surface area contributed by atoms with Crippen LogP contribution in [-0.4, -0.2) is 31.1 Å². The van der Waals surface area contributed by atoms with Crippen LogP contribution < -0.4 is 5.32 Å². The molecule has 0 aliphatic heterocycles. The van der Waals surface area contributed by atoms with E-state index in [1.54, 1.807) is 0 Å². The molecule has 0 radical (unpaired) electrons. The van der Waals surface area contributed by atoms with Gasteiger partial charge in [-0.2, -0.15) is 14.4 Å². The molecule has 1 rings (SSSR count). The summed E-state index contributed by atoms with van der Waals surface area (Å²) in [6.45, 7) is 1.05. The number of hydrogen-bond donors (Lipinski definition) is 3. The molecule has 0 aliphatic rings. The summed E-state index contributed by atoms with van der Waals surface area (Å²) in [5.41, 5.74) is 0. The summed E-state index contributed by atoms with van der Waals surface area (Å²) >= 11 is 0. The second-order valence-corrected chi connectivity index (χ2v) is 2.22. The first-order valence-electron chi connectivity index (χ1n) is 3.05. The Balaban J connectivity index is 2.77. The van der Waals surface area contributed by atoms with Crippen molar-refractivity contribution in [1.29, 1.82) is 0 Å². The largest absolute Gasteiger partial charge is 0.349 e. The fourth-order valence-electron chi connectivity index (χ4n) is 0.548. The Morgan fingerprint density at radius 1 is 1.50 bits per heavy atom. The fraction of sp³-hybridized carbons (Fsp3) is 0.400. The first-order valence-corrected chi connectivity index (χ1v) is 3.05. The van der Waals surface area contributed by atoms with Crippen LogP contribution in [0, 0.1) is 6.08 Å². The van der Waals surface area contributed by atoms with Gasteiger partial charge in [-0.3, -0.25) is 0 Å². The maximum absolute atomic E-state index is 12.3.